The van der Waals surface area contributed by atoms with Crippen molar-refractivity contribution in [2.24, 2.45) is 0 Å². The highest BCUT2D eigenvalue weighted by molar-refractivity contribution is 7.89. The first-order valence-corrected chi connectivity index (χ1v) is 10.8. The number of hydrogen-bond donors (Lipinski definition) is 4. The summed E-state index contributed by atoms with van der Waals surface area (Å²) in [6.45, 7) is 2.23. The third-order valence-electron chi connectivity index (χ3n) is 4.65. The predicted octanol–water partition coefficient (Wildman–Crippen LogP) is 0.841. The van der Waals surface area contributed by atoms with Crippen molar-refractivity contribution in [3.63, 3.8) is 0 Å². The molecule has 3 atom stereocenters. The number of aliphatic hydroxyl groups excluding tert-OH is 1. The van der Waals surface area contributed by atoms with E-state index in [0.29, 0.717) is 6.54 Å². The highest BCUT2D eigenvalue weighted by Gasteiger charge is 2.36. The van der Waals surface area contributed by atoms with E-state index in [-0.39, 0.29) is 30.0 Å². The third kappa shape index (κ3) is 5.84. The first kappa shape index (κ1) is 21.4. The molecule has 156 valence electrons. The lowest BCUT2D eigenvalue weighted by Crippen LogP contribution is -2.44. The van der Waals surface area contributed by atoms with Gasteiger partial charge in [-0.25, -0.2) is 13.1 Å². The molecule has 1 saturated heterocycles. The van der Waals surface area contributed by atoms with Crippen LogP contribution in [0.4, 0.5) is 5.69 Å². The molecule has 3 rings (SSSR count). The van der Waals surface area contributed by atoms with Gasteiger partial charge in [0.05, 0.1) is 29.8 Å². The summed E-state index contributed by atoms with van der Waals surface area (Å²) in [4.78, 5) is 11.2. The van der Waals surface area contributed by atoms with Crippen LogP contribution in [0.15, 0.2) is 59.5 Å². The zero-order valence-corrected chi connectivity index (χ0v) is 16.9. The zero-order chi connectivity index (χ0) is 20.9. The molecule has 0 saturated carbocycles. The molecule has 0 radical (unpaired) electrons. The molecule has 1 heterocycles. The lowest BCUT2D eigenvalue weighted by atomic mass is 10.1. The maximum absolute atomic E-state index is 12.3. The molecule has 0 aliphatic carbocycles. The van der Waals surface area contributed by atoms with E-state index >= 15 is 0 Å². The summed E-state index contributed by atoms with van der Waals surface area (Å²) in [6.07, 6.45) is -1.47. The number of amides is 1. The topological polar surface area (TPSA) is 117 Å². The van der Waals surface area contributed by atoms with Gasteiger partial charge in [-0.1, -0.05) is 30.3 Å². The average molecular weight is 420 g/mol. The minimum Gasteiger partial charge on any atom is -0.389 e. The van der Waals surface area contributed by atoms with E-state index in [2.05, 4.69) is 15.4 Å². The van der Waals surface area contributed by atoms with Crippen LogP contribution >= 0.6 is 0 Å². The van der Waals surface area contributed by atoms with Gasteiger partial charge in [-0.2, -0.15) is 0 Å². The van der Waals surface area contributed by atoms with Crippen LogP contribution in [0.5, 0.6) is 0 Å². The molecule has 0 bridgehead atoms. The van der Waals surface area contributed by atoms with Gasteiger partial charge in [0.2, 0.25) is 15.9 Å². The van der Waals surface area contributed by atoms with Crippen LogP contribution in [-0.2, 0) is 26.1 Å². The first-order chi connectivity index (χ1) is 13.8. The number of hydrogen-bond acceptors (Lipinski definition) is 6. The van der Waals surface area contributed by atoms with Crippen LogP contribution < -0.4 is 15.4 Å². The number of anilines is 1. The highest BCUT2D eigenvalue weighted by Crippen LogP contribution is 2.16. The Morgan fingerprint density at radius 1 is 1.14 bits per heavy atom. The Morgan fingerprint density at radius 3 is 2.48 bits per heavy atom. The van der Waals surface area contributed by atoms with Crippen LogP contribution in [-0.4, -0.2) is 50.8 Å². The summed E-state index contributed by atoms with van der Waals surface area (Å²) in [6, 6.07) is 15.1. The maximum atomic E-state index is 12.3. The van der Waals surface area contributed by atoms with Gasteiger partial charge in [0.1, 0.15) is 0 Å². The van der Waals surface area contributed by atoms with Crippen molar-refractivity contribution in [3.05, 3.63) is 60.2 Å². The second-order valence-electron chi connectivity index (χ2n) is 6.89. The summed E-state index contributed by atoms with van der Waals surface area (Å²) in [5.74, 6) is -0.129. The fraction of sp³-hybridized carbons (Fsp3) is 0.350. The van der Waals surface area contributed by atoms with Gasteiger partial charge < -0.3 is 20.5 Å². The first-order valence-electron chi connectivity index (χ1n) is 9.29. The summed E-state index contributed by atoms with van der Waals surface area (Å²) >= 11 is 0. The summed E-state index contributed by atoms with van der Waals surface area (Å²) in [5.41, 5.74) is 1.70. The predicted molar refractivity (Wildman–Crippen MR) is 109 cm³/mol. The molecule has 0 spiro atoms. The molecule has 0 unspecified atom stereocenters. The highest BCUT2D eigenvalue weighted by atomic mass is 32.2. The Morgan fingerprint density at radius 2 is 1.83 bits per heavy atom. The zero-order valence-electron chi connectivity index (χ0n) is 16.0. The van der Waals surface area contributed by atoms with Gasteiger partial charge in [0, 0.05) is 25.7 Å². The Bertz CT molecular complexity index is 919. The van der Waals surface area contributed by atoms with E-state index in [0.717, 1.165) is 11.3 Å². The van der Waals surface area contributed by atoms with Crippen LogP contribution in [0, 0.1) is 0 Å². The Balaban J connectivity index is 1.48. The Kier molecular flexibility index (Phi) is 6.99. The van der Waals surface area contributed by atoms with Gasteiger partial charge in [-0.05, 0) is 29.8 Å². The molecule has 1 aliphatic rings. The minimum absolute atomic E-state index is 0.0119. The molecule has 29 heavy (non-hydrogen) atoms. The molecular weight excluding hydrogens is 394 g/mol. The van der Waals surface area contributed by atoms with E-state index in [4.69, 9.17) is 4.74 Å². The fourth-order valence-corrected chi connectivity index (χ4v) is 4.14. The van der Waals surface area contributed by atoms with E-state index in [1.54, 1.807) is 30.3 Å². The minimum atomic E-state index is -3.65. The second kappa shape index (κ2) is 9.47. The van der Waals surface area contributed by atoms with Crippen molar-refractivity contribution in [1.82, 2.24) is 10.0 Å². The normalized spacial score (nSPS) is 21.8. The molecule has 9 heteroatoms. The monoisotopic (exact) mass is 419 g/mol. The second-order valence-corrected chi connectivity index (χ2v) is 8.66. The van der Waals surface area contributed by atoms with Crippen LogP contribution in [0.3, 0.4) is 0 Å². The van der Waals surface area contributed by atoms with Gasteiger partial charge >= 0.3 is 0 Å². The van der Waals surface area contributed by atoms with Crippen molar-refractivity contribution in [1.29, 1.82) is 0 Å². The molecule has 1 amide bonds. The molecule has 1 fully saturated rings. The quantitative estimate of drug-likeness (QED) is 0.504. The standard InChI is InChI=1S/C20H25N3O5S/c1-14(24)23-16-9-7-15(8-10-16)11-21-18-13-28-19(20(18)25)12-22-29(26,27)17-5-3-2-4-6-17/h2-10,18-22,25H,11-13H2,1H3,(H,23,24)/t18-,19-,20+/m1/s1. The number of sulfonamides is 1. The molecular formula is C20H25N3O5S. The SMILES string of the molecule is CC(=O)Nc1ccc(CN[C@@H]2CO[C@H](CNS(=O)(=O)c3ccccc3)[C@H]2O)cc1. The average Bonchev–Trinajstić information content (AvgIpc) is 3.06. The lowest BCUT2D eigenvalue weighted by molar-refractivity contribution is -0.114. The summed E-state index contributed by atoms with van der Waals surface area (Å²) < 4.78 is 32.6. The van der Waals surface area contributed by atoms with Crippen LogP contribution in [0.25, 0.3) is 0 Å². The molecule has 4 N–H and O–H groups in total. The van der Waals surface area contributed by atoms with Crippen molar-refractivity contribution < 1.29 is 23.1 Å². The van der Waals surface area contributed by atoms with E-state index in [1.165, 1.54) is 19.1 Å². The molecule has 0 aromatic heterocycles. The number of nitrogens with one attached hydrogen (secondary N) is 3. The van der Waals surface area contributed by atoms with Crippen molar-refractivity contribution in [2.45, 2.75) is 36.6 Å². The largest absolute Gasteiger partial charge is 0.389 e. The number of carbonyl (C=O) groups excluding carboxylic acids is 1. The molecule has 1 aliphatic heterocycles. The third-order valence-corrected chi connectivity index (χ3v) is 6.09. The van der Waals surface area contributed by atoms with Gasteiger partial charge in [0.15, 0.2) is 0 Å². The number of ether oxygens (including phenoxy) is 1. The summed E-state index contributed by atoms with van der Waals surface area (Å²) in [5, 5.41) is 16.4. The van der Waals surface area contributed by atoms with Crippen molar-refractivity contribution >= 4 is 21.6 Å². The number of aliphatic hydroxyl groups is 1. The smallest absolute Gasteiger partial charge is 0.240 e. The molecule has 8 nitrogen and oxygen atoms in total. The van der Waals surface area contributed by atoms with Crippen LogP contribution in [0.1, 0.15) is 12.5 Å². The van der Waals surface area contributed by atoms with E-state index in [9.17, 15) is 18.3 Å². The maximum Gasteiger partial charge on any atom is 0.240 e. The Hall–Kier alpha value is -2.30. The Labute approximate surface area is 170 Å². The van der Waals surface area contributed by atoms with E-state index < -0.39 is 22.2 Å². The molecule has 2 aromatic carbocycles. The lowest BCUT2D eigenvalue weighted by Gasteiger charge is -2.19. The van der Waals surface area contributed by atoms with Crippen molar-refractivity contribution in [2.75, 3.05) is 18.5 Å². The number of rotatable bonds is 8. The van der Waals surface area contributed by atoms with Gasteiger partial charge in [-0.15, -0.1) is 0 Å². The molecule has 2 aromatic rings. The number of benzene rings is 2. The van der Waals surface area contributed by atoms with E-state index in [1.807, 2.05) is 12.1 Å². The summed E-state index contributed by atoms with van der Waals surface area (Å²) in [7, 11) is -3.65. The fourth-order valence-electron chi connectivity index (χ4n) is 3.08. The van der Waals surface area contributed by atoms with Gasteiger partial charge in [-0.3, -0.25) is 4.79 Å². The van der Waals surface area contributed by atoms with Crippen molar-refractivity contribution in [3.8, 4) is 0 Å². The number of carbonyl (C=O) groups is 1. The van der Waals surface area contributed by atoms with Crippen LogP contribution in [0.2, 0.25) is 0 Å². The van der Waals surface area contributed by atoms with Gasteiger partial charge in [0.25, 0.3) is 0 Å².